The van der Waals surface area contributed by atoms with Gasteiger partial charge >= 0.3 is 5.97 Å². The van der Waals surface area contributed by atoms with Crippen LogP contribution in [0.3, 0.4) is 0 Å². The van der Waals surface area contributed by atoms with Crippen LogP contribution in [0.25, 0.3) is 0 Å². The Morgan fingerprint density at radius 2 is 1.71 bits per heavy atom. The van der Waals surface area contributed by atoms with Crippen LogP contribution in [0.1, 0.15) is 42.5 Å². The first-order chi connectivity index (χ1) is 15.0. The van der Waals surface area contributed by atoms with Gasteiger partial charge in [0.25, 0.3) is 11.8 Å². The minimum atomic E-state index is -0.668. The fraction of sp³-hybridized carbons (Fsp3) is 0.591. The Morgan fingerprint density at radius 1 is 1.03 bits per heavy atom. The molecule has 1 aromatic rings. The van der Waals surface area contributed by atoms with E-state index >= 15 is 0 Å². The maximum Gasteiger partial charge on any atom is 0.325 e. The van der Waals surface area contributed by atoms with Crippen molar-refractivity contribution < 1.29 is 23.9 Å². The summed E-state index contributed by atoms with van der Waals surface area (Å²) in [6.07, 6.45) is 5.61. The van der Waals surface area contributed by atoms with Gasteiger partial charge in [0.1, 0.15) is 6.54 Å². The summed E-state index contributed by atoms with van der Waals surface area (Å²) in [6.45, 7) is 3.04. The van der Waals surface area contributed by atoms with Crippen LogP contribution in [0.4, 0.5) is 0 Å². The number of esters is 1. The lowest BCUT2D eigenvalue weighted by molar-refractivity contribution is -0.147. The van der Waals surface area contributed by atoms with Crippen molar-refractivity contribution in [3.05, 3.63) is 34.9 Å². The molecule has 3 rings (SSSR count). The van der Waals surface area contributed by atoms with Crippen molar-refractivity contribution in [3.8, 4) is 0 Å². The molecule has 2 N–H and O–H groups in total. The number of hydrogen-bond acceptors (Lipinski definition) is 6. The van der Waals surface area contributed by atoms with E-state index in [1.165, 1.54) is 6.42 Å². The molecule has 9 heteroatoms. The predicted molar refractivity (Wildman–Crippen MR) is 116 cm³/mol. The zero-order valence-corrected chi connectivity index (χ0v) is 18.4. The Bertz CT molecular complexity index is 759. The Balaban J connectivity index is 1.39. The number of carbonyl (C=O) groups is 3. The molecule has 2 amide bonds. The number of morpholine rings is 1. The maximum atomic E-state index is 12.3. The van der Waals surface area contributed by atoms with Crippen LogP contribution < -0.4 is 10.6 Å². The van der Waals surface area contributed by atoms with Crippen molar-refractivity contribution >= 4 is 29.4 Å². The Labute approximate surface area is 187 Å². The van der Waals surface area contributed by atoms with Crippen molar-refractivity contribution in [3.63, 3.8) is 0 Å². The van der Waals surface area contributed by atoms with E-state index in [9.17, 15) is 14.4 Å². The molecule has 170 valence electrons. The second-order valence-corrected chi connectivity index (χ2v) is 8.45. The van der Waals surface area contributed by atoms with Gasteiger partial charge in [0, 0.05) is 35.8 Å². The molecule has 0 unspecified atom stereocenters. The molecule has 0 spiro atoms. The first-order valence-electron chi connectivity index (χ1n) is 10.8. The van der Waals surface area contributed by atoms with Gasteiger partial charge in [-0.3, -0.25) is 19.3 Å². The molecule has 1 saturated heterocycles. The van der Waals surface area contributed by atoms with Crippen molar-refractivity contribution in [1.29, 1.82) is 0 Å². The normalized spacial score (nSPS) is 18.7. The summed E-state index contributed by atoms with van der Waals surface area (Å²) in [5.74, 6) is -1.42. The molecule has 1 aliphatic heterocycles. The van der Waals surface area contributed by atoms with Crippen LogP contribution in [0.5, 0.6) is 0 Å². The summed E-state index contributed by atoms with van der Waals surface area (Å²) < 4.78 is 10.5. The second-order valence-electron chi connectivity index (χ2n) is 8.01. The van der Waals surface area contributed by atoms with E-state index in [1.54, 1.807) is 24.3 Å². The summed E-state index contributed by atoms with van der Waals surface area (Å²) in [7, 11) is 0. The van der Waals surface area contributed by atoms with Gasteiger partial charge in [-0.1, -0.05) is 30.9 Å². The summed E-state index contributed by atoms with van der Waals surface area (Å²) in [5.41, 5.74) is 0.338. The SMILES string of the molecule is O=C(COC(=O)CNC(=O)c1ccc(Cl)cc1)NCC1(N2CCOCC2)CCCCC1. The van der Waals surface area contributed by atoms with Crippen LogP contribution in [0, 0.1) is 0 Å². The lowest BCUT2D eigenvalue weighted by atomic mass is 9.79. The minimum Gasteiger partial charge on any atom is -0.454 e. The molecule has 1 aliphatic carbocycles. The van der Waals surface area contributed by atoms with E-state index in [-0.39, 0.29) is 24.6 Å². The van der Waals surface area contributed by atoms with Crippen molar-refractivity contribution in [1.82, 2.24) is 15.5 Å². The second kappa shape index (κ2) is 11.5. The highest BCUT2D eigenvalue weighted by molar-refractivity contribution is 6.30. The molecule has 1 aromatic carbocycles. The van der Waals surface area contributed by atoms with Gasteiger partial charge in [-0.25, -0.2) is 0 Å². The van der Waals surface area contributed by atoms with Crippen LogP contribution in [-0.4, -0.2) is 74.2 Å². The van der Waals surface area contributed by atoms with Crippen LogP contribution >= 0.6 is 11.6 Å². The smallest absolute Gasteiger partial charge is 0.325 e. The van der Waals surface area contributed by atoms with Gasteiger partial charge in [0.2, 0.25) is 0 Å². The largest absolute Gasteiger partial charge is 0.454 e. The summed E-state index contributed by atoms with van der Waals surface area (Å²) in [6, 6.07) is 6.31. The van der Waals surface area contributed by atoms with Gasteiger partial charge in [-0.05, 0) is 37.1 Å². The van der Waals surface area contributed by atoms with Crippen molar-refractivity contribution in [2.45, 2.75) is 37.6 Å². The van der Waals surface area contributed by atoms with Crippen LogP contribution in [0.2, 0.25) is 5.02 Å². The number of amides is 2. The van der Waals surface area contributed by atoms with E-state index < -0.39 is 11.9 Å². The molecule has 31 heavy (non-hydrogen) atoms. The third-order valence-electron chi connectivity index (χ3n) is 5.94. The average Bonchev–Trinajstić information content (AvgIpc) is 2.81. The predicted octanol–water partition coefficient (Wildman–Crippen LogP) is 1.76. The van der Waals surface area contributed by atoms with Crippen LogP contribution in [-0.2, 0) is 19.1 Å². The molecule has 2 aliphatic rings. The molecule has 1 heterocycles. The minimum absolute atomic E-state index is 0.0474. The first-order valence-corrected chi connectivity index (χ1v) is 11.2. The van der Waals surface area contributed by atoms with E-state index in [0.717, 1.165) is 52.0 Å². The van der Waals surface area contributed by atoms with Crippen molar-refractivity contribution in [2.24, 2.45) is 0 Å². The highest BCUT2D eigenvalue weighted by atomic mass is 35.5. The number of nitrogens with zero attached hydrogens (tertiary/aromatic N) is 1. The molecule has 0 bridgehead atoms. The zero-order valence-electron chi connectivity index (χ0n) is 17.7. The Morgan fingerprint density at radius 3 is 2.39 bits per heavy atom. The fourth-order valence-electron chi connectivity index (χ4n) is 4.22. The molecule has 0 aromatic heterocycles. The molecular weight excluding hydrogens is 422 g/mol. The van der Waals surface area contributed by atoms with Gasteiger partial charge < -0.3 is 20.1 Å². The van der Waals surface area contributed by atoms with Gasteiger partial charge in [0.05, 0.1) is 13.2 Å². The van der Waals surface area contributed by atoms with E-state index in [2.05, 4.69) is 15.5 Å². The van der Waals surface area contributed by atoms with Crippen molar-refractivity contribution in [2.75, 3.05) is 46.0 Å². The molecular formula is C22H30ClN3O5. The van der Waals surface area contributed by atoms with E-state index in [1.807, 2.05) is 0 Å². The van der Waals surface area contributed by atoms with Gasteiger partial charge in [-0.2, -0.15) is 0 Å². The summed E-state index contributed by atoms with van der Waals surface area (Å²) >= 11 is 5.79. The number of ether oxygens (including phenoxy) is 2. The Hall–Kier alpha value is -2.16. The third kappa shape index (κ3) is 6.92. The topological polar surface area (TPSA) is 97.0 Å². The average molecular weight is 452 g/mol. The number of benzene rings is 1. The lowest BCUT2D eigenvalue weighted by Gasteiger charge is -2.48. The quantitative estimate of drug-likeness (QED) is 0.585. The number of nitrogens with one attached hydrogen (secondary N) is 2. The molecule has 0 radical (unpaired) electrons. The van der Waals surface area contributed by atoms with E-state index in [0.29, 0.717) is 17.1 Å². The highest BCUT2D eigenvalue weighted by Crippen LogP contribution is 2.33. The van der Waals surface area contributed by atoms with Gasteiger partial charge in [-0.15, -0.1) is 0 Å². The first kappa shape index (κ1) is 23.5. The number of carbonyl (C=O) groups excluding carboxylic acids is 3. The monoisotopic (exact) mass is 451 g/mol. The third-order valence-corrected chi connectivity index (χ3v) is 6.20. The molecule has 1 saturated carbocycles. The fourth-order valence-corrected chi connectivity index (χ4v) is 4.35. The summed E-state index contributed by atoms with van der Waals surface area (Å²) in [5, 5.41) is 5.93. The molecule has 8 nitrogen and oxygen atoms in total. The molecule has 2 fully saturated rings. The summed E-state index contributed by atoms with van der Waals surface area (Å²) in [4.78, 5) is 38.6. The zero-order chi connectivity index (χ0) is 22.1. The number of halogens is 1. The maximum absolute atomic E-state index is 12.3. The van der Waals surface area contributed by atoms with Gasteiger partial charge in [0.15, 0.2) is 6.61 Å². The molecule has 0 atom stereocenters. The number of rotatable bonds is 8. The van der Waals surface area contributed by atoms with E-state index in [4.69, 9.17) is 21.1 Å². The standard InChI is InChI=1S/C22H30ClN3O5/c23-18-6-4-17(5-7-18)21(29)24-14-20(28)31-15-19(27)25-16-22(8-2-1-3-9-22)26-10-12-30-13-11-26/h4-7H,1-3,8-16H2,(H,24,29)(H,25,27). The number of hydrogen-bond donors (Lipinski definition) is 2. The lowest BCUT2D eigenvalue weighted by Crippen LogP contribution is -2.59. The highest BCUT2D eigenvalue weighted by Gasteiger charge is 2.38. The Kier molecular flexibility index (Phi) is 8.69. The van der Waals surface area contributed by atoms with Crippen LogP contribution in [0.15, 0.2) is 24.3 Å².